The van der Waals surface area contributed by atoms with Crippen molar-refractivity contribution in [2.24, 2.45) is 11.7 Å². The van der Waals surface area contributed by atoms with Crippen LogP contribution in [0.2, 0.25) is 0 Å². The molecule has 3 fully saturated rings. The number of fused-ring (bicyclic) bond motifs is 1. The molecule has 0 aromatic carbocycles. The van der Waals surface area contributed by atoms with Gasteiger partial charge in [0.15, 0.2) is 0 Å². The number of carbonyl (C=O) groups is 1. The van der Waals surface area contributed by atoms with Gasteiger partial charge in [0.1, 0.15) is 5.54 Å². The minimum atomic E-state index is -0.730. The van der Waals surface area contributed by atoms with Gasteiger partial charge in [0.25, 0.3) is 0 Å². The summed E-state index contributed by atoms with van der Waals surface area (Å²) in [7, 11) is 0. The zero-order valence-corrected chi connectivity index (χ0v) is 10.4. The number of hydrogen-bond donors (Lipinski definition) is 1. The molecule has 1 amide bonds. The molecule has 0 bridgehead atoms. The molecule has 0 aromatic rings. The fourth-order valence-electron chi connectivity index (χ4n) is 3.69. The summed E-state index contributed by atoms with van der Waals surface area (Å²) in [4.78, 5) is 14.6. The van der Waals surface area contributed by atoms with E-state index >= 15 is 0 Å². The number of amides is 1. The second-order valence-electron chi connectivity index (χ2n) is 5.86. The molecular weight excluding hydrogens is 216 g/mol. The molecular formula is C13H22N2O2. The summed E-state index contributed by atoms with van der Waals surface area (Å²) in [5.74, 6) is 0.878. The Balaban J connectivity index is 1.73. The molecule has 0 spiro atoms. The number of rotatable bonds is 1. The van der Waals surface area contributed by atoms with Gasteiger partial charge in [0.05, 0.1) is 6.61 Å². The van der Waals surface area contributed by atoms with E-state index in [0.717, 1.165) is 12.5 Å². The number of nitrogens with zero attached hydrogens (tertiary/aromatic N) is 1. The van der Waals surface area contributed by atoms with Crippen LogP contribution < -0.4 is 5.73 Å². The summed E-state index contributed by atoms with van der Waals surface area (Å²) in [6.07, 6.45) is 6.92. The van der Waals surface area contributed by atoms with Crippen molar-refractivity contribution in [1.82, 2.24) is 4.90 Å². The minimum absolute atomic E-state index is 0.143. The van der Waals surface area contributed by atoms with E-state index in [1.807, 2.05) is 0 Å². The predicted octanol–water partition coefficient (Wildman–Crippen LogP) is 0.895. The quantitative estimate of drug-likeness (QED) is 0.738. The maximum absolute atomic E-state index is 12.5. The molecule has 2 saturated heterocycles. The van der Waals surface area contributed by atoms with Gasteiger partial charge in [-0.1, -0.05) is 12.8 Å². The van der Waals surface area contributed by atoms with Crippen LogP contribution in [-0.2, 0) is 9.53 Å². The third-order valence-corrected chi connectivity index (χ3v) is 4.75. The Labute approximate surface area is 102 Å². The van der Waals surface area contributed by atoms with E-state index in [2.05, 4.69) is 4.90 Å². The van der Waals surface area contributed by atoms with Crippen molar-refractivity contribution in [2.45, 2.75) is 50.1 Å². The Hall–Kier alpha value is -0.610. The van der Waals surface area contributed by atoms with E-state index in [0.29, 0.717) is 25.7 Å². The Morgan fingerprint density at radius 1 is 1.29 bits per heavy atom. The number of carbonyl (C=O) groups excluding carboxylic acids is 1. The molecule has 0 radical (unpaired) electrons. The monoisotopic (exact) mass is 238 g/mol. The molecule has 1 saturated carbocycles. The molecule has 3 rings (SSSR count). The van der Waals surface area contributed by atoms with Crippen molar-refractivity contribution < 1.29 is 9.53 Å². The molecule has 3 atom stereocenters. The highest BCUT2D eigenvalue weighted by molar-refractivity contribution is 5.87. The van der Waals surface area contributed by atoms with Crippen molar-refractivity contribution in [3.63, 3.8) is 0 Å². The molecule has 17 heavy (non-hydrogen) atoms. The average Bonchev–Trinajstić information content (AvgIpc) is 2.95. The molecule has 3 unspecified atom stereocenters. The van der Waals surface area contributed by atoms with Crippen molar-refractivity contribution in [3.8, 4) is 0 Å². The van der Waals surface area contributed by atoms with Gasteiger partial charge in [-0.15, -0.1) is 0 Å². The first-order chi connectivity index (χ1) is 8.21. The Kier molecular flexibility index (Phi) is 2.87. The minimum Gasteiger partial charge on any atom is -0.379 e. The third-order valence-electron chi connectivity index (χ3n) is 4.75. The fourth-order valence-corrected chi connectivity index (χ4v) is 3.69. The topological polar surface area (TPSA) is 55.6 Å². The normalized spacial score (nSPS) is 41.6. The molecule has 2 N–H and O–H groups in total. The van der Waals surface area contributed by atoms with Gasteiger partial charge in [-0.25, -0.2) is 0 Å². The number of likely N-dealkylation sites (tertiary alicyclic amines) is 1. The summed E-state index contributed by atoms with van der Waals surface area (Å²) in [6.45, 7) is 1.94. The molecule has 2 heterocycles. The van der Waals surface area contributed by atoms with Crippen LogP contribution in [0.3, 0.4) is 0 Å². The highest BCUT2D eigenvalue weighted by Crippen LogP contribution is 2.37. The van der Waals surface area contributed by atoms with Crippen LogP contribution in [0.4, 0.5) is 0 Å². The van der Waals surface area contributed by atoms with E-state index in [-0.39, 0.29) is 5.91 Å². The summed E-state index contributed by atoms with van der Waals surface area (Å²) in [5, 5.41) is 0. The summed E-state index contributed by atoms with van der Waals surface area (Å²) >= 11 is 0. The van der Waals surface area contributed by atoms with Crippen molar-refractivity contribution in [3.05, 3.63) is 0 Å². The second kappa shape index (κ2) is 4.25. The summed E-state index contributed by atoms with van der Waals surface area (Å²) in [5.41, 5.74) is 5.46. The van der Waals surface area contributed by atoms with Gasteiger partial charge >= 0.3 is 0 Å². The van der Waals surface area contributed by atoms with Crippen molar-refractivity contribution >= 4 is 5.91 Å². The lowest BCUT2D eigenvalue weighted by atomic mass is 9.84. The van der Waals surface area contributed by atoms with Gasteiger partial charge in [-0.05, 0) is 31.6 Å². The number of ether oxygens (including phenoxy) is 1. The number of nitrogens with two attached hydrogens (primary N) is 1. The zero-order chi connectivity index (χ0) is 11.9. The zero-order valence-electron chi connectivity index (χ0n) is 10.4. The largest absolute Gasteiger partial charge is 0.379 e. The molecule has 1 aliphatic carbocycles. The fraction of sp³-hybridized carbons (Fsp3) is 0.923. The van der Waals surface area contributed by atoms with Gasteiger partial charge in [-0.3, -0.25) is 4.79 Å². The van der Waals surface area contributed by atoms with Crippen LogP contribution in [0.1, 0.15) is 38.5 Å². The average molecular weight is 238 g/mol. The molecule has 3 aliphatic rings. The Morgan fingerprint density at radius 3 is 2.88 bits per heavy atom. The van der Waals surface area contributed by atoms with Crippen LogP contribution in [-0.4, -0.2) is 42.1 Å². The third kappa shape index (κ3) is 1.87. The highest BCUT2D eigenvalue weighted by atomic mass is 16.5. The first kappa shape index (κ1) is 11.5. The molecule has 2 aliphatic heterocycles. The lowest BCUT2D eigenvalue weighted by molar-refractivity contribution is -0.138. The Bertz CT molecular complexity index is 313. The number of hydrogen-bond acceptors (Lipinski definition) is 3. The maximum Gasteiger partial charge on any atom is 0.245 e. The lowest BCUT2D eigenvalue weighted by Gasteiger charge is -2.35. The standard InChI is InChI=1S/C13H22N2O2/c14-13(6-8-17-9-13)12(16)15-7-5-10-3-1-2-4-11(10)15/h10-11H,1-9,14H2. The van der Waals surface area contributed by atoms with Gasteiger partial charge < -0.3 is 15.4 Å². The van der Waals surface area contributed by atoms with Crippen LogP contribution >= 0.6 is 0 Å². The van der Waals surface area contributed by atoms with Crippen LogP contribution in [0, 0.1) is 5.92 Å². The second-order valence-corrected chi connectivity index (χ2v) is 5.86. The SMILES string of the molecule is NC1(C(=O)N2CCC3CCCCC32)CCOC1. The van der Waals surface area contributed by atoms with Crippen molar-refractivity contribution in [1.29, 1.82) is 0 Å². The van der Waals surface area contributed by atoms with Crippen LogP contribution in [0.25, 0.3) is 0 Å². The Morgan fingerprint density at radius 2 is 2.12 bits per heavy atom. The highest BCUT2D eigenvalue weighted by Gasteiger charge is 2.46. The van der Waals surface area contributed by atoms with Crippen molar-refractivity contribution in [2.75, 3.05) is 19.8 Å². The van der Waals surface area contributed by atoms with Gasteiger partial charge in [0.2, 0.25) is 5.91 Å². The summed E-state index contributed by atoms with van der Waals surface area (Å²) < 4.78 is 5.30. The van der Waals surface area contributed by atoms with Crippen LogP contribution in [0.5, 0.6) is 0 Å². The molecule has 96 valence electrons. The molecule has 4 nitrogen and oxygen atoms in total. The molecule has 0 aromatic heterocycles. The smallest absolute Gasteiger partial charge is 0.245 e. The predicted molar refractivity (Wildman–Crippen MR) is 64.4 cm³/mol. The van der Waals surface area contributed by atoms with E-state index in [4.69, 9.17) is 10.5 Å². The first-order valence-corrected chi connectivity index (χ1v) is 6.88. The maximum atomic E-state index is 12.5. The van der Waals surface area contributed by atoms with Crippen LogP contribution in [0.15, 0.2) is 0 Å². The first-order valence-electron chi connectivity index (χ1n) is 6.88. The molecule has 4 heteroatoms. The van der Waals surface area contributed by atoms with E-state index < -0.39 is 5.54 Å². The van der Waals surface area contributed by atoms with E-state index in [9.17, 15) is 4.79 Å². The van der Waals surface area contributed by atoms with Gasteiger partial charge in [0, 0.05) is 19.2 Å². The lowest BCUT2D eigenvalue weighted by Crippen LogP contribution is -2.57. The van der Waals surface area contributed by atoms with Gasteiger partial charge in [-0.2, -0.15) is 0 Å². The summed E-state index contributed by atoms with van der Waals surface area (Å²) in [6, 6.07) is 0.470. The van der Waals surface area contributed by atoms with E-state index in [1.165, 1.54) is 32.1 Å². The van der Waals surface area contributed by atoms with E-state index in [1.54, 1.807) is 0 Å².